The summed E-state index contributed by atoms with van der Waals surface area (Å²) in [6, 6.07) is 24.4. The summed E-state index contributed by atoms with van der Waals surface area (Å²) in [7, 11) is 0. The van der Waals surface area contributed by atoms with Crippen LogP contribution in [0.25, 0.3) is 11.1 Å². The summed E-state index contributed by atoms with van der Waals surface area (Å²) in [4.78, 5) is 37.5. The number of hydrogen-bond donors (Lipinski definition) is 3. The molecule has 2 aliphatic carbocycles. The van der Waals surface area contributed by atoms with E-state index in [0.717, 1.165) is 27.8 Å². The van der Waals surface area contributed by atoms with Crippen molar-refractivity contribution in [3.05, 3.63) is 95.6 Å². The Balaban J connectivity index is 1.10. The third-order valence-corrected chi connectivity index (χ3v) is 7.86. The van der Waals surface area contributed by atoms with E-state index in [-0.39, 0.29) is 31.1 Å². The molecule has 0 aliphatic heterocycles. The minimum absolute atomic E-state index is 0.0284. The van der Waals surface area contributed by atoms with Gasteiger partial charge in [0.1, 0.15) is 6.61 Å². The molecule has 0 unspecified atom stereocenters. The van der Waals surface area contributed by atoms with Crippen molar-refractivity contribution in [1.82, 2.24) is 10.6 Å². The Bertz CT molecular complexity index is 1310. The molecule has 2 aliphatic rings. The summed E-state index contributed by atoms with van der Waals surface area (Å²) in [6.45, 7) is 2.10. The number of nitrogens with one attached hydrogen (secondary N) is 2. The van der Waals surface area contributed by atoms with Crippen LogP contribution < -0.4 is 10.6 Å². The first kappa shape index (κ1) is 27.4. The molecule has 8 heteroatoms. The minimum atomic E-state index is -1.18. The first-order chi connectivity index (χ1) is 19.4. The van der Waals surface area contributed by atoms with E-state index in [1.165, 1.54) is 0 Å². The van der Waals surface area contributed by atoms with Crippen molar-refractivity contribution >= 4 is 18.0 Å². The van der Waals surface area contributed by atoms with Gasteiger partial charge in [-0.3, -0.25) is 4.79 Å². The second-order valence-corrected chi connectivity index (χ2v) is 10.5. The number of ether oxygens (including phenoxy) is 2. The van der Waals surface area contributed by atoms with Crippen molar-refractivity contribution in [3.63, 3.8) is 0 Å². The fourth-order valence-electron chi connectivity index (χ4n) is 5.71. The number of carbonyl (C=O) groups is 3. The largest absolute Gasteiger partial charge is 0.480 e. The predicted molar refractivity (Wildman–Crippen MR) is 150 cm³/mol. The zero-order chi connectivity index (χ0) is 28.1. The van der Waals surface area contributed by atoms with Gasteiger partial charge >= 0.3 is 12.1 Å². The molecule has 0 saturated heterocycles. The van der Waals surface area contributed by atoms with E-state index < -0.39 is 30.1 Å². The summed E-state index contributed by atoms with van der Waals surface area (Å²) in [5, 5.41) is 15.2. The number of carboxylic acids is 1. The number of carboxylic acid groups (broad SMARTS) is 1. The van der Waals surface area contributed by atoms with Gasteiger partial charge in [0.05, 0.1) is 12.7 Å². The van der Waals surface area contributed by atoms with E-state index in [2.05, 4.69) is 34.9 Å². The first-order valence-electron chi connectivity index (χ1n) is 13.7. The van der Waals surface area contributed by atoms with E-state index in [1.807, 2.05) is 54.6 Å². The molecule has 0 aromatic heterocycles. The van der Waals surface area contributed by atoms with Crippen LogP contribution in [0, 0.1) is 5.92 Å². The maximum atomic E-state index is 12.9. The molecule has 3 N–H and O–H groups in total. The Hall–Kier alpha value is -4.17. The van der Waals surface area contributed by atoms with E-state index in [0.29, 0.717) is 19.3 Å². The second-order valence-electron chi connectivity index (χ2n) is 10.5. The fourth-order valence-corrected chi connectivity index (χ4v) is 5.71. The van der Waals surface area contributed by atoms with Gasteiger partial charge in [0, 0.05) is 17.9 Å². The van der Waals surface area contributed by atoms with Gasteiger partial charge in [-0.05, 0) is 54.0 Å². The molecule has 8 nitrogen and oxygen atoms in total. The van der Waals surface area contributed by atoms with Crippen molar-refractivity contribution in [3.8, 4) is 11.1 Å². The highest BCUT2D eigenvalue weighted by Crippen LogP contribution is 2.44. The van der Waals surface area contributed by atoms with Crippen LogP contribution in [-0.4, -0.2) is 47.9 Å². The quantitative estimate of drug-likeness (QED) is 0.337. The van der Waals surface area contributed by atoms with Gasteiger partial charge in [0.15, 0.2) is 6.04 Å². The van der Waals surface area contributed by atoms with Crippen LogP contribution in [0.3, 0.4) is 0 Å². The lowest BCUT2D eigenvalue weighted by molar-refractivity contribution is -0.147. The zero-order valence-corrected chi connectivity index (χ0v) is 22.4. The summed E-state index contributed by atoms with van der Waals surface area (Å²) in [6.07, 6.45) is 0.338. The van der Waals surface area contributed by atoms with Crippen LogP contribution in [0.4, 0.5) is 4.79 Å². The van der Waals surface area contributed by atoms with Gasteiger partial charge in [-0.1, -0.05) is 78.9 Å². The van der Waals surface area contributed by atoms with Crippen molar-refractivity contribution in [2.24, 2.45) is 5.92 Å². The second kappa shape index (κ2) is 12.3. The van der Waals surface area contributed by atoms with E-state index in [9.17, 15) is 19.5 Å². The molecule has 4 atom stereocenters. The molecule has 3 aromatic carbocycles. The molecule has 1 fully saturated rings. The summed E-state index contributed by atoms with van der Waals surface area (Å²) in [5.41, 5.74) is 5.53. The number of aliphatic carboxylic acids is 1. The molecule has 0 spiro atoms. The summed E-state index contributed by atoms with van der Waals surface area (Å²) < 4.78 is 11.4. The maximum Gasteiger partial charge on any atom is 0.407 e. The number of amides is 2. The number of benzene rings is 3. The molecule has 0 bridgehead atoms. The van der Waals surface area contributed by atoms with Gasteiger partial charge in [-0.2, -0.15) is 0 Å². The SMILES string of the molecule is C[C@H](OCc1ccccc1)[C@@H](NC(=O)[C@H]1CC[C@@H](NC(=O)OCC2c3ccccc3-c3ccccc32)C1)C(=O)O. The Kier molecular flexibility index (Phi) is 8.45. The van der Waals surface area contributed by atoms with Crippen molar-refractivity contribution < 1.29 is 29.0 Å². The molecule has 3 aromatic rings. The van der Waals surface area contributed by atoms with Crippen molar-refractivity contribution in [2.75, 3.05) is 6.61 Å². The number of rotatable bonds is 10. The average molecular weight is 543 g/mol. The highest BCUT2D eigenvalue weighted by atomic mass is 16.5. The monoisotopic (exact) mass is 542 g/mol. The molecule has 2 amide bonds. The van der Waals surface area contributed by atoms with Crippen molar-refractivity contribution in [1.29, 1.82) is 0 Å². The number of carbonyl (C=O) groups excluding carboxylic acids is 2. The molecule has 40 heavy (non-hydrogen) atoms. The van der Waals surface area contributed by atoms with Crippen LogP contribution in [0.15, 0.2) is 78.9 Å². The Morgan fingerprint density at radius 1 is 0.900 bits per heavy atom. The van der Waals surface area contributed by atoms with Crippen LogP contribution in [0.5, 0.6) is 0 Å². The van der Waals surface area contributed by atoms with Gasteiger partial charge in [0.25, 0.3) is 0 Å². The molecule has 0 radical (unpaired) electrons. The summed E-state index contributed by atoms with van der Waals surface area (Å²) in [5.74, 6) is -1.93. The lowest BCUT2D eigenvalue weighted by atomic mass is 9.98. The van der Waals surface area contributed by atoms with Gasteiger partial charge < -0.3 is 25.2 Å². The lowest BCUT2D eigenvalue weighted by Crippen LogP contribution is -2.50. The molecule has 1 saturated carbocycles. The highest BCUT2D eigenvalue weighted by molar-refractivity contribution is 5.85. The normalized spacial score (nSPS) is 19.2. The van der Waals surface area contributed by atoms with E-state index in [1.54, 1.807) is 6.92 Å². The minimum Gasteiger partial charge on any atom is -0.480 e. The zero-order valence-electron chi connectivity index (χ0n) is 22.4. The smallest absolute Gasteiger partial charge is 0.407 e. The Labute approximate surface area is 233 Å². The van der Waals surface area contributed by atoms with Gasteiger partial charge in [-0.25, -0.2) is 9.59 Å². The first-order valence-corrected chi connectivity index (χ1v) is 13.7. The number of alkyl carbamates (subject to hydrolysis) is 1. The van der Waals surface area contributed by atoms with Crippen LogP contribution in [0.1, 0.15) is 48.8 Å². The topological polar surface area (TPSA) is 114 Å². The Morgan fingerprint density at radius 3 is 2.17 bits per heavy atom. The third-order valence-electron chi connectivity index (χ3n) is 7.86. The highest BCUT2D eigenvalue weighted by Gasteiger charge is 2.35. The van der Waals surface area contributed by atoms with Gasteiger partial charge in [0.2, 0.25) is 5.91 Å². The molecular formula is C32H34N2O6. The predicted octanol–water partition coefficient (Wildman–Crippen LogP) is 4.87. The number of hydrogen-bond acceptors (Lipinski definition) is 5. The number of fused-ring (bicyclic) bond motifs is 3. The van der Waals surface area contributed by atoms with E-state index in [4.69, 9.17) is 9.47 Å². The van der Waals surface area contributed by atoms with Gasteiger partial charge in [-0.15, -0.1) is 0 Å². The third kappa shape index (κ3) is 6.18. The Morgan fingerprint density at radius 2 is 1.52 bits per heavy atom. The average Bonchev–Trinajstić information content (AvgIpc) is 3.56. The van der Waals surface area contributed by atoms with Crippen LogP contribution >= 0.6 is 0 Å². The lowest BCUT2D eigenvalue weighted by Gasteiger charge is -2.23. The summed E-state index contributed by atoms with van der Waals surface area (Å²) >= 11 is 0. The molecule has 208 valence electrons. The van der Waals surface area contributed by atoms with E-state index >= 15 is 0 Å². The maximum absolute atomic E-state index is 12.9. The van der Waals surface area contributed by atoms with Crippen LogP contribution in [0.2, 0.25) is 0 Å². The fraction of sp³-hybridized carbons (Fsp3) is 0.344. The molecule has 5 rings (SSSR count). The standard InChI is InChI=1S/C32H34N2O6/c1-20(39-18-21-9-3-2-4-10-21)29(31(36)37)34-30(35)22-15-16-23(17-22)33-32(38)40-19-28-26-13-7-5-11-24(26)25-12-6-8-14-27(25)28/h2-14,20,22-23,28-29H,15-19H2,1H3,(H,33,38)(H,34,35)(H,36,37)/t20-,22-,23+,29+/m0/s1. The molecule has 0 heterocycles. The molecular weight excluding hydrogens is 508 g/mol. The van der Waals surface area contributed by atoms with Crippen molar-refractivity contribution in [2.45, 2.75) is 56.9 Å². The van der Waals surface area contributed by atoms with Crippen LogP contribution in [-0.2, 0) is 25.7 Å².